The summed E-state index contributed by atoms with van der Waals surface area (Å²) in [7, 11) is 1.61. The number of aldehydes is 1. The number of carbonyl (C=O) groups is 1. The molecular formula is C8H10N2O3. The highest BCUT2D eigenvalue weighted by Gasteiger charge is 2.35. The summed E-state index contributed by atoms with van der Waals surface area (Å²) in [6.07, 6.45) is 2.68. The van der Waals surface area contributed by atoms with Crippen LogP contribution in [0.4, 0.5) is 0 Å². The molecule has 0 bridgehead atoms. The fourth-order valence-corrected chi connectivity index (χ4v) is 1.32. The second-order valence-electron chi connectivity index (χ2n) is 3.10. The van der Waals surface area contributed by atoms with Crippen LogP contribution in [-0.4, -0.2) is 23.5 Å². The van der Waals surface area contributed by atoms with Gasteiger partial charge in [0.05, 0.1) is 0 Å². The second kappa shape index (κ2) is 3.26. The van der Waals surface area contributed by atoms with Crippen molar-refractivity contribution in [3.63, 3.8) is 0 Å². The van der Waals surface area contributed by atoms with Gasteiger partial charge in [-0.1, -0.05) is 5.16 Å². The van der Waals surface area contributed by atoms with E-state index in [9.17, 15) is 4.79 Å². The highest BCUT2D eigenvalue weighted by molar-refractivity contribution is 5.66. The molecule has 1 unspecified atom stereocenters. The standard InChI is InChI=1S/C8H10N2O3/c1-12-7(5-2-3-5)8-9-6(4-11)13-10-8/h4-5,7H,2-3H2,1H3. The van der Waals surface area contributed by atoms with Crippen LogP contribution in [0.1, 0.15) is 35.5 Å². The van der Waals surface area contributed by atoms with Crippen molar-refractivity contribution in [2.75, 3.05) is 7.11 Å². The van der Waals surface area contributed by atoms with Gasteiger partial charge in [-0.2, -0.15) is 4.98 Å². The first-order valence-corrected chi connectivity index (χ1v) is 4.16. The van der Waals surface area contributed by atoms with E-state index in [2.05, 4.69) is 14.7 Å². The lowest BCUT2D eigenvalue weighted by Crippen LogP contribution is -2.05. The van der Waals surface area contributed by atoms with Crippen LogP contribution >= 0.6 is 0 Å². The van der Waals surface area contributed by atoms with E-state index in [-0.39, 0.29) is 12.0 Å². The topological polar surface area (TPSA) is 65.2 Å². The summed E-state index contributed by atoms with van der Waals surface area (Å²) >= 11 is 0. The maximum atomic E-state index is 10.3. The molecule has 70 valence electrons. The van der Waals surface area contributed by atoms with Gasteiger partial charge in [-0.15, -0.1) is 0 Å². The fraction of sp³-hybridized carbons (Fsp3) is 0.625. The third-order valence-electron chi connectivity index (χ3n) is 2.12. The number of rotatable bonds is 4. The molecule has 0 N–H and O–H groups in total. The molecule has 0 aliphatic heterocycles. The van der Waals surface area contributed by atoms with E-state index in [1.54, 1.807) is 7.11 Å². The summed E-state index contributed by atoms with van der Waals surface area (Å²) in [5, 5.41) is 3.68. The van der Waals surface area contributed by atoms with Crippen molar-refractivity contribution in [3.8, 4) is 0 Å². The number of hydrogen-bond donors (Lipinski definition) is 0. The summed E-state index contributed by atoms with van der Waals surface area (Å²) < 4.78 is 9.88. The SMILES string of the molecule is COC(c1noc(C=O)n1)C1CC1. The van der Waals surface area contributed by atoms with E-state index in [0.717, 1.165) is 12.8 Å². The largest absolute Gasteiger partial charge is 0.373 e. The van der Waals surface area contributed by atoms with Crippen molar-refractivity contribution < 1.29 is 14.1 Å². The molecule has 2 rings (SSSR count). The average Bonchev–Trinajstić information content (AvgIpc) is 2.85. The van der Waals surface area contributed by atoms with Gasteiger partial charge in [0.2, 0.25) is 12.1 Å². The monoisotopic (exact) mass is 182 g/mol. The van der Waals surface area contributed by atoms with Crippen molar-refractivity contribution in [2.45, 2.75) is 18.9 Å². The number of methoxy groups -OCH3 is 1. The smallest absolute Gasteiger partial charge is 0.290 e. The number of carbonyl (C=O) groups excluding carboxylic acids is 1. The predicted octanol–water partition coefficient (Wildman–Crippen LogP) is 0.980. The first-order chi connectivity index (χ1) is 6.35. The van der Waals surface area contributed by atoms with Crippen LogP contribution in [0.5, 0.6) is 0 Å². The maximum Gasteiger partial charge on any atom is 0.290 e. The Morgan fingerprint density at radius 2 is 2.46 bits per heavy atom. The Morgan fingerprint density at radius 3 is 2.92 bits per heavy atom. The molecule has 0 radical (unpaired) electrons. The summed E-state index contributed by atoms with van der Waals surface area (Å²) in [5.74, 6) is 0.979. The first-order valence-electron chi connectivity index (χ1n) is 4.16. The van der Waals surface area contributed by atoms with E-state index in [0.29, 0.717) is 18.0 Å². The van der Waals surface area contributed by atoms with Gasteiger partial charge in [0.1, 0.15) is 6.10 Å². The summed E-state index contributed by atoms with van der Waals surface area (Å²) in [6, 6.07) is 0. The molecule has 13 heavy (non-hydrogen) atoms. The van der Waals surface area contributed by atoms with Gasteiger partial charge in [-0.05, 0) is 18.8 Å². The third kappa shape index (κ3) is 1.60. The molecule has 1 heterocycles. The van der Waals surface area contributed by atoms with Gasteiger partial charge >= 0.3 is 0 Å². The van der Waals surface area contributed by atoms with E-state index in [1.165, 1.54) is 0 Å². The van der Waals surface area contributed by atoms with Gasteiger partial charge in [0, 0.05) is 7.11 Å². The molecule has 1 aromatic heterocycles. The van der Waals surface area contributed by atoms with Crippen LogP contribution in [0.3, 0.4) is 0 Å². The fourth-order valence-electron chi connectivity index (χ4n) is 1.32. The molecule has 1 saturated carbocycles. The maximum absolute atomic E-state index is 10.3. The molecule has 5 nitrogen and oxygen atoms in total. The van der Waals surface area contributed by atoms with Crippen molar-refractivity contribution in [2.24, 2.45) is 5.92 Å². The lowest BCUT2D eigenvalue weighted by molar-refractivity contribution is 0.0751. The minimum absolute atomic E-state index is 0.0118. The van der Waals surface area contributed by atoms with Crippen molar-refractivity contribution in [3.05, 3.63) is 11.7 Å². The lowest BCUT2D eigenvalue weighted by Gasteiger charge is -2.07. The van der Waals surface area contributed by atoms with Crippen molar-refractivity contribution >= 4 is 6.29 Å². The molecule has 0 aromatic carbocycles. The Labute approximate surface area is 75.1 Å². The molecule has 1 aromatic rings. The molecule has 0 saturated heterocycles. The van der Waals surface area contributed by atoms with Crippen LogP contribution in [-0.2, 0) is 4.74 Å². The Kier molecular flexibility index (Phi) is 2.10. The van der Waals surface area contributed by atoms with Crippen LogP contribution < -0.4 is 0 Å². The lowest BCUT2D eigenvalue weighted by atomic mass is 10.2. The number of nitrogens with zero attached hydrogens (tertiary/aromatic N) is 2. The van der Waals surface area contributed by atoms with Crippen molar-refractivity contribution in [1.29, 1.82) is 0 Å². The van der Waals surface area contributed by atoms with Crippen molar-refractivity contribution in [1.82, 2.24) is 10.1 Å². The Bertz CT molecular complexity index is 306. The Hall–Kier alpha value is -1.23. The number of hydrogen-bond acceptors (Lipinski definition) is 5. The van der Waals surface area contributed by atoms with Crippen LogP contribution in [0, 0.1) is 5.92 Å². The normalized spacial score (nSPS) is 18.5. The van der Waals surface area contributed by atoms with E-state index < -0.39 is 0 Å². The van der Waals surface area contributed by atoms with E-state index >= 15 is 0 Å². The van der Waals surface area contributed by atoms with E-state index in [1.807, 2.05) is 0 Å². The Balaban J connectivity index is 2.16. The van der Waals surface area contributed by atoms with Gasteiger partial charge < -0.3 is 9.26 Å². The van der Waals surface area contributed by atoms with Gasteiger partial charge in [0.25, 0.3) is 5.89 Å². The summed E-state index contributed by atoms with van der Waals surface area (Å²) in [4.78, 5) is 14.2. The van der Waals surface area contributed by atoms with Gasteiger partial charge in [0.15, 0.2) is 0 Å². The zero-order valence-corrected chi connectivity index (χ0v) is 7.27. The predicted molar refractivity (Wildman–Crippen MR) is 42.2 cm³/mol. The van der Waals surface area contributed by atoms with Gasteiger partial charge in [-0.3, -0.25) is 4.79 Å². The molecule has 1 fully saturated rings. The zero-order valence-electron chi connectivity index (χ0n) is 7.27. The molecule has 0 amide bonds. The van der Waals surface area contributed by atoms with Crippen LogP contribution in [0.25, 0.3) is 0 Å². The molecular weight excluding hydrogens is 172 g/mol. The van der Waals surface area contributed by atoms with E-state index in [4.69, 9.17) is 4.74 Å². The minimum atomic E-state index is -0.113. The number of aromatic nitrogens is 2. The third-order valence-corrected chi connectivity index (χ3v) is 2.12. The van der Waals surface area contributed by atoms with Crippen LogP contribution in [0.2, 0.25) is 0 Å². The first kappa shape index (κ1) is 8.37. The van der Waals surface area contributed by atoms with Crippen LogP contribution in [0.15, 0.2) is 4.52 Å². The summed E-state index contributed by atoms with van der Waals surface area (Å²) in [5.41, 5.74) is 0. The molecule has 1 aliphatic rings. The Morgan fingerprint density at radius 1 is 1.69 bits per heavy atom. The highest BCUT2D eigenvalue weighted by Crippen LogP contribution is 2.41. The quantitative estimate of drug-likeness (QED) is 0.649. The number of ether oxygens (including phenoxy) is 1. The second-order valence-corrected chi connectivity index (χ2v) is 3.10. The molecule has 1 atom stereocenters. The highest BCUT2D eigenvalue weighted by atomic mass is 16.5. The average molecular weight is 182 g/mol. The van der Waals surface area contributed by atoms with Gasteiger partial charge in [-0.25, -0.2) is 0 Å². The minimum Gasteiger partial charge on any atom is -0.373 e. The molecule has 5 heteroatoms. The zero-order chi connectivity index (χ0) is 9.26. The summed E-state index contributed by atoms with van der Waals surface area (Å²) in [6.45, 7) is 0. The molecule has 0 spiro atoms. The molecule has 1 aliphatic carbocycles.